The molecule has 6 aliphatic heterocycles. The van der Waals surface area contributed by atoms with Gasteiger partial charge in [0.25, 0.3) is 70.9 Å². The molecule has 3 fully saturated rings. The van der Waals surface area contributed by atoms with E-state index in [1.165, 1.54) is 50.9 Å². The second kappa shape index (κ2) is 31.4. The fourth-order valence-electron chi connectivity index (χ4n) is 8.19. The van der Waals surface area contributed by atoms with Crippen LogP contribution in [0.3, 0.4) is 0 Å². The number of imide groups is 6. The lowest BCUT2D eigenvalue weighted by Crippen LogP contribution is -2.40. The van der Waals surface area contributed by atoms with Crippen molar-refractivity contribution < 1.29 is 148 Å². The van der Waals surface area contributed by atoms with Crippen molar-refractivity contribution in [3.63, 3.8) is 0 Å². The average Bonchev–Trinajstić information content (AvgIpc) is 1.70. The van der Waals surface area contributed by atoms with Crippen LogP contribution in [-0.2, 0) is 95.7 Å². The van der Waals surface area contributed by atoms with E-state index in [2.05, 4.69) is 39.0 Å². The number of carbonyl (C=O) groups is 16. The highest BCUT2D eigenvalue weighted by Gasteiger charge is 2.55. The highest BCUT2D eigenvalue weighted by molar-refractivity contribution is 6.61. The zero-order chi connectivity index (χ0) is 67.1. The predicted octanol–water partition coefficient (Wildman–Crippen LogP) is -0.200. The van der Waals surface area contributed by atoms with Gasteiger partial charge in [0, 0.05) is 97.3 Å². The van der Waals surface area contributed by atoms with Crippen molar-refractivity contribution in [3.8, 4) is 5.75 Å². The Labute approximate surface area is 518 Å². The number of halogens is 2. The molecule has 1 aromatic carbocycles. The second-order valence-corrected chi connectivity index (χ2v) is 17.9. The van der Waals surface area contributed by atoms with Gasteiger partial charge in [0.2, 0.25) is 0 Å². The van der Waals surface area contributed by atoms with Crippen molar-refractivity contribution in [2.75, 3.05) is 75.7 Å². The summed E-state index contributed by atoms with van der Waals surface area (Å²) in [7, 11) is 7.08. The van der Waals surface area contributed by atoms with E-state index in [1.54, 1.807) is 6.07 Å². The van der Waals surface area contributed by atoms with Crippen LogP contribution in [0.2, 0.25) is 0 Å². The SMILES string of the molecule is CCOCCOCCOc1cccc2c1C(=O)N(OC(=O)Cl)C2=O.COC1C(=O)N(OC(=O)Cl)C(=O)C1OC.COC1C(=O)N(OC(=O)ON2C(=O)C(OC)C(OC)C2=O)C(=O)C1OC.O=C(ON1C(=O)c2ccncc2C1=O)ON1C(=O)c2ccncc2C1=O. The number of rotatable bonds is 20. The quantitative estimate of drug-likeness (QED) is 0.0803. The number of carbonyl (C=O) groups excluding carboxylic acids is 16. The number of methoxy groups -OCH3 is 6. The van der Waals surface area contributed by atoms with Crippen LogP contribution in [-0.4, -0.2) is 247 Å². The lowest BCUT2D eigenvalue weighted by Gasteiger charge is -2.16. The van der Waals surface area contributed by atoms with Crippen LogP contribution in [0.4, 0.5) is 19.2 Å². The summed E-state index contributed by atoms with van der Waals surface area (Å²) < 4.78 is 44.6. The van der Waals surface area contributed by atoms with Gasteiger partial charge in [-0.3, -0.25) is 86.9 Å². The molecule has 0 aliphatic carbocycles. The van der Waals surface area contributed by atoms with Crippen molar-refractivity contribution in [1.82, 2.24) is 40.3 Å². The third-order valence-electron chi connectivity index (χ3n) is 12.2. The fraction of sp³-hybridized carbons (Fsp3) is 0.360. The third kappa shape index (κ3) is 15.1. The van der Waals surface area contributed by atoms with E-state index in [0.717, 1.165) is 40.8 Å². The molecule has 41 heteroatoms. The van der Waals surface area contributed by atoms with E-state index >= 15 is 0 Å². The number of fused-ring (bicyclic) bond motifs is 3. The summed E-state index contributed by atoms with van der Waals surface area (Å²) in [6, 6.07) is 7.09. The van der Waals surface area contributed by atoms with Crippen molar-refractivity contribution in [3.05, 3.63) is 88.5 Å². The minimum atomic E-state index is -1.69. The molecule has 9 rings (SSSR count). The molecule has 0 N–H and O–H groups in total. The van der Waals surface area contributed by atoms with Crippen molar-refractivity contribution in [2.45, 2.75) is 43.5 Å². The molecule has 2 aromatic heterocycles. The number of pyridine rings is 2. The molecule has 6 aliphatic rings. The van der Waals surface area contributed by atoms with E-state index in [0.29, 0.717) is 31.5 Å². The molecular formula is C50H46Cl2N8O31. The van der Waals surface area contributed by atoms with Crippen LogP contribution >= 0.6 is 23.2 Å². The Kier molecular flexibility index (Phi) is 24.1. The smallest absolute Gasteiger partial charge is 0.490 e. The minimum absolute atomic E-state index is 0.00963. The summed E-state index contributed by atoms with van der Waals surface area (Å²) in [6.07, 6.45) is -6.01. The molecule has 39 nitrogen and oxygen atoms in total. The van der Waals surface area contributed by atoms with Gasteiger partial charge in [-0.1, -0.05) is 36.4 Å². The molecule has 0 radical (unpaired) electrons. The van der Waals surface area contributed by atoms with Gasteiger partial charge in [-0.2, -0.15) is 9.59 Å². The standard InChI is InChI=1S/C15H16ClNO7.C15H6N4O7.C13H16N2O11.C7H8ClNO6/c1-2-21-6-7-22-8-9-23-11-5-3-4-10-12(11)14(19)17(13(10)18)24-15(16)20;20-11-7-1-3-16-5-9(7)13(22)18(11)25-15(24)26-19-12(21)8-2-4-17-6-10(8)14(19)23;1-21-5-6(22-2)10(17)14(9(5)16)25-13(20)26-15-11(18)7(23-3)8(24-4)12(15)19;1-13-3-4(14-2)6(11)9(5(3)10)15-7(8)12/h3-5H,2,6-9H2,1H3;1-6H;5-8H,1-4H3;3-4H,1-2H3. The molecule has 0 spiro atoms. The Morgan fingerprint density at radius 2 is 0.714 bits per heavy atom. The summed E-state index contributed by atoms with van der Waals surface area (Å²) in [5, 5.41) is 1.00. The molecule has 3 aromatic rings. The third-order valence-corrected chi connectivity index (χ3v) is 12.3. The Morgan fingerprint density at radius 1 is 0.396 bits per heavy atom. The lowest BCUT2D eigenvalue weighted by atomic mass is 10.1. The van der Waals surface area contributed by atoms with Crippen LogP contribution in [0.5, 0.6) is 5.75 Å². The summed E-state index contributed by atoms with van der Waals surface area (Å²) in [4.78, 5) is 222. The van der Waals surface area contributed by atoms with Gasteiger partial charge in [0.05, 0.1) is 53.2 Å². The molecule has 8 heterocycles. The maximum Gasteiger partial charge on any atom is 0.560 e. The van der Waals surface area contributed by atoms with Gasteiger partial charge in [-0.05, 0) is 31.2 Å². The summed E-state index contributed by atoms with van der Waals surface area (Å²) >= 11 is 9.94. The lowest BCUT2D eigenvalue weighted by molar-refractivity contribution is -0.201. The topological polar surface area (TPSA) is 457 Å². The molecule has 0 saturated carbocycles. The normalized spacial score (nSPS) is 20.4. The van der Waals surface area contributed by atoms with Gasteiger partial charge >= 0.3 is 23.2 Å². The first kappa shape index (κ1) is 70.0. The highest BCUT2D eigenvalue weighted by atomic mass is 35.5. The molecular weight excluding hydrogens is 1280 g/mol. The zero-order valence-corrected chi connectivity index (χ0v) is 49.2. The van der Waals surface area contributed by atoms with Gasteiger partial charge in [0.15, 0.2) is 36.6 Å². The fourth-order valence-corrected chi connectivity index (χ4v) is 8.33. The maximum absolute atomic E-state index is 12.2. The molecule has 91 heavy (non-hydrogen) atoms. The minimum Gasteiger partial charge on any atom is -0.490 e. The van der Waals surface area contributed by atoms with Crippen molar-refractivity contribution >= 4 is 117 Å². The first-order chi connectivity index (χ1) is 43.4. The molecule has 6 atom stereocenters. The first-order valence-corrected chi connectivity index (χ1v) is 26.0. The summed E-state index contributed by atoms with van der Waals surface area (Å²) in [6.45, 7) is 3.90. The summed E-state index contributed by atoms with van der Waals surface area (Å²) in [5.41, 5.74) is -2.61. The van der Waals surface area contributed by atoms with Crippen molar-refractivity contribution in [1.29, 1.82) is 0 Å². The van der Waals surface area contributed by atoms with E-state index in [9.17, 15) is 76.7 Å². The molecule has 486 valence electrons. The number of ether oxygens (including phenoxy) is 9. The van der Waals surface area contributed by atoms with E-state index in [1.807, 2.05) is 6.92 Å². The van der Waals surface area contributed by atoms with Gasteiger partial charge in [-0.15, -0.1) is 0 Å². The second-order valence-electron chi connectivity index (χ2n) is 17.3. The maximum atomic E-state index is 12.2. The van der Waals surface area contributed by atoms with Crippen LogP contribution < -0.4 is 4.74 Å². The van der Waals surface area contributed by atoms with E-state index < -0.39 is 131 Å². The Morgan fingerprint density at radius 3 is 1.08 bits per heavy atom. The van der Waals surface area contributed by atoms with Gasteiger partial charge < -0.3 is 52.3 Å². The van der Waals surface area contributed by atoms with E-state index in [4.69, 9.17) is 65.8 Å². The van der Waals surface area contributed by atoms with Crippen LogP contribution in [0, 0.1) is 0 Å². The molecule has 12 amide bonds. The Balaban J connectivity index is 0.000000196. The Hall–Kier alpha value is -10.1. The molecule has 6 unspecified atom stereocenters. The number of benzene rings is 1. The number of amides is 12. The average molecular weight is 1330 g/mol. The Bertz CT molecular complexity index is 3180. The van der Waals surface area contributed by atoms with Gasteiger partial charge in [0.1, 0.15) is 12.4 Å². The van der Waals surface area contributed by atoms with Gasteiger partial charge in [-0.25, -0.2) is 9.59 Å². The van der Waals surface area contributed by atoms with Crippen LogP contribution in [0.15, 0.2) is 55.1 Å². The monoisotopic (exact) mass is 1320 g/mol. The molecule has 3 saturated heterocycles. The number of hydrogen-bond donors (Lipinski definition) is 0. The molecule has 0 bridgehead atoms. The zero-order valence-electron chi connectivity index (χ0n) is 47.7. The van der Waals surface area contributed by atoms with Crippen LogP contribution in [0.1, 0.15) is 69.1 Å². The number of nitrogens with zero attached hydrogens (tertiary/aromatic N) is 8. The number of hydrogen-bond acceptors (Lipinski definition) is 33. The van der Waals surface area contributed by atoms with E-state index in [-0.39, 0.29) is 71.1 Å². The number of hydroxylamine groups is 12. The van der Waals surface area contributed by atoms with Crippen LogP contribution in [0.25, 0.3) is 0 Å². The van der Waals surface area contributed by atoms with Crippen molar-refractivity contribution in [2.24, 2.45) is 0 Å². The largest absolute Gasteiger partial charge is 0.560 e. The first-order valence-electron chi connectivity index (χ1n) is 25.2. The summed E-state index contributed by atoms with van der Waals surface area (Å²) in [5.74, 6) is -10.8. The predicted molar refractivity (Wildman–Crippen MR) is 279 cm³/mol. The number of aromatic nitrogens is 2. The highest BCUT2D eigenvalue weighted by Crippen LogP contribution is 2.32.